The fourth-order valence-corrected chi connectivity index (χ4v) is 4.18. The van der Waals surface area contributed by atoms with Gasteiger partial charge in [-0.25, -0.2) is 22.5 Å². The zero-order valence-electron chi connectivity index (χ0n) is 14.3. The Bertz CT molecular complexity index is 1180. The molecule has 0 aliphatic carbocycles. The van der Waals surface area contributed by atoms with Gasteiger partial charge in [0.25, 0.3) is 5.91 Å². The number of carbonyl (C=O) groups is 1. The first-order valence-electron chi connectivity index (χ1n) is 8.15. The van der Waals surface area contributed by atoms with Crippen LogP contribution in [-0.2, 0) is 9.84 Å². The van der Waals surface area contributed by atoms with Crippen molar-refractivity contribution in [3.05, 3.63) is 65.1 Å². The fourth-order valence-electron chi connectivity index (χ4n) is 2.95. The number of aryl methyl sites for hydroxylation is 1. The van der Waals surface area contributed by atoms with Crippen LogP contribution in [0.25, 0.3) is 16.7 Å². The number of aromatic nitrogens is 3. The second-order valence-corrected chi connectivity index (χ2v) is 8.24. The van der Waals surface area contributed by atoms with Gasteiger partial charge in [-0.15, -0.1) is 0 Å². The van der Waals surface area contributed by atoms with Gasteiger partial charge in [0.2, 0.25) is 0 Å². The Balaban J connectivity index is 1.65. The van der Waals surface area contributed by atoms with Gasteiger partial charge in [0.05, 0.1) is 28.7 Å². The lowest BCUT2D eigenvalue weighted by atomic mass is 10.2. The van der Waals surface area contributed by atoms with E-state index in [9.17, 15) is 17.6 Å². The molecule has 0 fully saturated rings. The van der Waals surface area contributed by atoms with E-state index in [1.165, 1.54) is 24.4 Å². The third-order valence-corrected chi connectivity index (χ3v) is 5.68. The number of pyridine rings is 1. The van der Waals surface area contributed by atoms with E-state index in [0.29, 0.717) is 28.0 Å². The van der Waals surface area contributed by atoms with Gasteiger partial charge >= 0.3 is 0 Å². The monoisotopic (exact) mass is 386 g/mol. The number of hydrogen-bond acceptors (Lipinski definition) is 5. The highest BCUT2D eigenvalue weighted by atomic mass is 32.2. The molecular formula is C18H15FN4O3S. The summed E-state index contributed by atoms with van der Waals surface area (Å²) in [6, 6.07) is 6.97. The molecule has 0 saturated heterocycles. The van der Waals surface area contributed by atoms with Gasteiger partial charge in [0.1, 0.15) is 5.82 Å². The summed E-state index contributed by atoms with van der Waals surface area (Å²) >= 11 is 0. The highest BCUT2D eigenvalue weighted by molar-refractivity contribution is 7.94. The van der Waals surface area contributed by atoms with Crippen LogP contribution in [0.1, 0.15) is 16.1 Å². The predicted octanol–water partition coefficient (Wildman–Crippen LogP) is 1.91. The normalized spacial score (nSPS) is 18.1. The lowest BCUT2D eigenvalue weighted by Crippen LogP contribution is -2.35. The van der Waals surface area contributed by atoms with Crippen LogP contribution in [-0.4, -0.2) is 40.9 Å². The van der Waals surface area contributed by atoms with E-state index >= 15 is 0 Å². The van der Waals surface area contributed by atoms with Crippen LogP contribution in [0, 0.1) is 12.7 Å². The number of sulfone groups is 1. The number of fused-ring (bicyclic) bond motifs is 1. The van der Waals surface area contributed by atoms with Crippen LogP contribution in [0.15, 0.2) is 48.0 Å². The number of benzene rings is 1. The molecule has 1 aromatic carbocycles. The third-order valence-electron chi connectivity index (χ3n) is 4.29. The molecule has 9 heteroatoms. The molecule has 138 valence electrons. The largest absolute Gasteiger partial charge is 0.345 e. The second-order valence-electron chi connectivity index (χ2n) is 6.31. The molecular weight excluding hydrogens is 371 g/mol. The summed E-state index contributed by atoms with van der Waals surface area (Å²) in [4.78, 5) is 16.8. The van der Waals surface area contributed by atoms with Crippen LogP contribution < -0.4 is 5.32 Å². The number of halogens is 1. The maximum absolute atomic E-state index is 13.1. The van der Waals surface area contributed by atoms with E-state index < -0.39 is 21.8 Å². The number of nitrogens with one attached hydrogen (secondary N) is 1. The van der Waals surface area contributed by atoms with Crippen molar-refractivity contribution in [1.29, 1.82) is 0 Å². The number of rotatable bonds is 3. The minimum atomic E-state index is -3.25. The van der Waals surface area contributed by atoms with E-state index in [1.54, 1.807) is 29.8 Å². The first-order chi connectivity index (χ1) is 12.8. The lowest BCUT2D eigenvalue weighted by Gasteiger charge is -2.10. The maximum Gasteiger partial charge on any atom is 0.253 e. The standard InChI is InChI=1S/C18H15FN4O3S/c1-11-16-8-12(18(24)21-14-6-7-27(25,26)10-14)9-20-17(16)23(22-11)15-4-2-13(19)3-5-15/h2-9,14H,10H2,1H3,(H,21,24). The van der Waals surface area contributed by atoms with Crippen LogP contribution >= 0.6 is 0 Å². The number of carbonyl (C=O) groups excluding carboxylic acids is 1. The molecule has 3 aromatic rings. The minimum absolute atomic E-state index is 0.143. The molecule has 1 aliphatic rings. The SMILES string of the molecule is Cc1nn(-c2ccc(F)cc2)c2ncc(C(=O)NC3C=CS(=O)(=O)C3)cc12. The summed E-state index contributed by atoms with van der Waals surface area (Å²) < 4.78 is 37.6. The maximum atomic E-state index is 13.1. The van der Waals surface area contributed by atoms with Gasteiger partial charge in [0.15, 0.2) is 15.5 Å². The first-order valence-corrected chi connectivity index (χ1v) is 9.87. The molecule has 27 heavy (non-hydrogen) atoms. The van der Waals surface area contributed by atoms with Crippen molar-refractivity contribution in [1.82, 2.24) is 20.1 Å². The van der Waals surface area contributed by atoms with E-state index in [1.807, 2.05) is 0 Å². The second kappa shape index (κ2) is 6.27. The molecule has 1 amide bonds. The molecule has 3 heterocycles. The summed E-state index contributed by atoms with van der Waals surface area (Å²) in [6.07, 6.45) is 2.86. The fraction of sp³-hybridized carbons (Fsp3) is 0.167. The zero-order valence-corrected chi connectivity index (χ0v) is 15.1. The summed E-state index contributed by atoms with van der Waals surface area (Å²) in [7, 11) is -3.25. The van der Waals surface area contributed by atoms with E-state index in [0.717, 1.165) is 5.41 Å². The van der Waals surface area contributed by atoms with Crippen molar-refractivity contribution in [3.63, 3.8) is 0 Å². The average molecular weight is 386 g/mol. The third kappa shape index (κ3) is 3.33. The van der Waals surface area contributed by atoms with E-state index in [-0.39, 0.29) is 11.6 Å². The van der Waals surface area contributed by atoms with Gasteiger partial charge in [-0.05, 0) is 43.3 Å². The first kappa shape index (κ1) is 17.3. The van der Waals surface area contributed by atoms with Crippen molar-refractivity contribution in [3.8, 4) is 5.69 Å². The molecule has 1 unspecified atom stereocenters. The summed E-state index contributed by atoms with van der Waals surface area (Å²) in [5.41, 5.74) is 2.17. The Labute approximate surface area is 154 Å². The Hall–Kier alpha value is -3.07. The Morgan fingerprint density at radius 3 is 2.70 bits per heavy atom. The molecule has 7 nitrogen and oxygen atoms in total. The van der Waals surface area contributed by atoms with Crippen LogP contribution in [0.5, 0.6) is 0 Å². The molecule has 1 N–H and O–H groups in total. The molecule has 0 saturated carbocycles. The highest BCUT2D eigenvalue weighted by Crippen LogP contribution is 2.21. The van der Waals surface area contributed by atoms with Crippen molar-refractivity contribution in [2.75, 3.05) is 5.75 Å². The van der Waals surface area contributed by atoms with Crippen molar-refractivity contribution >= 4 is 26.8 Å². The van der Waals surface area contributed by atoms with Gasteiger partial charge in [-0.2, -0.15) is 5.10 Å². The van der Waals surface area contributed by atoms with E-state index in [2.05, 4.69) is 15.4 Å². The molecule has 0 bridgehead atoms. The zero-order chi connectivity index (χ0) is 19.2. The minimum Gasteiger partial charge on any atom is -0.345 e. The molecule has 2 aromatic heterocycles. The van der Waals surface area contributed by atoms with Crippen LogP contribution in [0.3, 0.4) is 0 Å². The van der Waals surface area contributed by atoms with Gasteiger partial charge < -0.3 is 5.32 Å². The van der Waals surface area contributed by atoms with Crippen molar-refractivity contribution in [2.45, 2.75) is 13.0 Å². The van der Waals surface area contributed by atoms with Gasteiger partial charge in [-0.3, -0.25) is 4.79 Å². The van der Waals surface area contributed by atoms with Crippen LogP contribution in [0.4, 0.5) is 4.39 Å². The Morgan fingerprint density at radius 2 is 2.04 bits per heavy atom. The van der Waals surface area contributed by atoms with Crippen molar-refractivity contribution < 1.29 is 17.6 Å². The quantitative estimate of drug-likeness (QED) is 0.742. The molecule has 0 spiro atoms. The highest BCUT2D eigenvalue weighted by Gasteiger charge is 2.24. The molecule has 1 atom stereocenters. The smallest absolute Gasteiger partial charge is 0.253 e. The van der Waals surface area contributed by atoms with Gasteiger partial charge in [-0.1, -0.05) is 0 Å². The molecule has 4 rings (SSSR count). The van der Waals surface area contributed by atoms with Gasteiger partial charge in [0, 0.05) is 17.0 Å². The summed E-state index contributed by atoms with van der Waals surface area (Å²) in [5.74, 6) is -0.900. The van der Waals surface area contributed by atoms with Crippen molar-refractivity contribution in [2.24, 2.45) is 0 Å². The Morgan fingerprint density at radius 1 is 1.30 bits per heavy atom. The topological polar surface area (TPSA) is 93.9 Å². The molecule has 0 radical (unpaired) electrons. The van der Waals surface area contributed by atoms with Crippen LogP contribution in [0.2, 0.25) is 0 Å². The molecule has 1 aliphatic heterocycles. The summed E-state index contributed by atoms with van der Waals surface area (Å²) in [6.45, 7) is 1.79. The summed E-state index contributed by atoms with van der Waals surface area (Å²) in [5, 5.41) is 8.88. The lowest BCUT2D eigenvalue weighted by molar-refractivity contribution is 0.0947. The Kier molecular flexibility index (Phi) is 4.03. The predicted molar refractivity (Wildman–Crippen MR) is 97.7 cm³/mol. The number of amides is 1. The van der Waals surface area contributed by atoms with E-state index in [4.69, 9.17) is 0 Å². The number of nitrogens with zero attached hydrogens (tertiary/aromatic N) is 3. The average Bonchev–Trinajstić information content (AvgIpc) is 3.14. The number of hydrogen-bond donors (Lipinski definition) is 1.